The third kappa shape index (κ3) is 2.71. The summed E-state index contributed by atoms with van der Waals surface area (Å²) in [5, 5.41) is 0. The van der Waals surface area contributed by atoms with Gasteiger partial charge < -0.3 is 4.74 Å². The average molecular weight is 292 g/mol. The first-order valence-corrected chi connectivity index (χ1v) is 5.80. The quantitative estimate of drug-likeness (QED) is 0.797. The van der Waals surface area contributed by atoms with Crippen LogP contribution in [-0.4, -0.2) is 18.1 Å². The lowest BCUT2D eigenvalue weighted by molar-refractivity contribution is 0.0594. The molecule has 0 saturated heterocycles. The van der Waals surface area contributed by atoms with Crippen molar-refractivity contribution in [3.05, 3.63) is 52.8 Å². The summed E-state index contributed by atoms with van der Waals surface area (Å²) < 4.78 is 5.60. The zero-order valence-electron chi connectivity index (χ0n) is 9.18. The summed E-state index contributed by atoms with van der Waals surface area (Å²) in [7, 11) is 1.34. The summed E-state index contributed by atoms with van der Waals surface area (Å²) in [4.78, 5) is 15.3. The Morgan fingerprint density at radius 1 is 1.24 bits per heavy atom. The molecule has 0 aliphatic rings. The van der Waals surface area contributed by atoms with Crippen molar-refractivity contribution < 1.29 is 9.53 Å². The van der Waals surface area contributed by atoms with Crippen LogP contribution in [0.4, 0.5) is 0 Å². The molecular formula is C13H10BrNO2. The molecule has 1 aromatic heterocycles. The molecule has 0 spiro atoms. The minimum atomic E-state index is -0.425. The van der Waals surface area contributed by atoms with Crippen molar-refractivity contribution in [2.24, 2.45) is 0 Å². The zero-order valence-corrected chi connectivity index (χ0v) is 10.8. The highest BCUT2D eigenvalue weighted by Crippen LogP contribution is 2.22. The first-order chi connectivity index (χ1) is 8.20. The molecule has 0 bridgehead atoms. The number of benzene rings is 1. The Kier molecular flexibility index (Phi) is 3.54. The lowest BCUT2D eigenvalue weighted by Gasteiger charge is -2.03. The predicted octanol–water partition coefficient (Wildman–Crippen LogP) is 3.30. The number of esters is 1. The molecule has 2 aromatic rings. The highest BCUT2D eigenvalue weighted by Gasteiger charge is 2.06. The summed E-state index contributed by atoms with van der Waals surface area (Å²) >= 11 is 3.41. The van der Waals surface area contributed by atoms with Crippen molar-refractivity contribution in [3.63, 3.8) is 0 Å². The van der Waals surface area contributed by atoms with Gasteiger partial charge in [0, 0.05) is 16.2 Å². The van der Waals surface area contributed by atoms with Gasteiger partial charge in [-0.2, -0.15) is 0 Å². The van der Waals surface area contributed by atoms with Crippen LogP contribution in [0, 0.1) is 0 Å². The number of hydrogen-bond acceptors (Lipinski definition) is 3. The minimum Gasteiger partial charge on any atom is -0.464 e. The van der Waals surface area contributed by atoms with Gasteiger partial charge in [0.25, 0.3) is 0 Å². The van der Waals surface area contributed by atoms with E-state index in [-0.39, 0.29) is 0 Å². The summed E-state index contributed by atoms with van der Waals surface area (Å²) in [6.07, 6.45) is 1.66. The van der Waals surface area contributed by atoms with E-state index in [4.69, 9.17) is 0 Å². The summed E-state index contributed by atoms with van der Waals surface area (Å²) in [6, 6.07) is 11.4. The second-order valence-corrected chi connectivity index (χ2v) is 4.35. The van der Waals surface area contributed by atoms with E-state index in [1.165, 1.54) is 7.11 Å². The molecule has 0 amide bonds. The van der Waals surface area contributed by atoms with Crippen molar-refractivity contribution >= 4 is 21.9 Å². The number of carbonyl (C=O) groups is 1. The van der Waals surface area contributed by atoms with Crippen LogP contribution in [0.3, 0.4) is 0 Å². The van der Waals surface area contributed by atoms with Gasteiger partial charge in [-0.1, -0.05) is 34.1 Å². The van der Waals surface area contributed by atoms with Gasteiger partial charge in [0.2, 0.25) is 0 Å². The van der Waals surface area contributed by atoms with E-state index in [9.17, 15) is 4.79 Å². The van der Waals surface area contributed by atoms with E-state index in [1.54, 1.807) is 12.3 Å². The molecule has 17 heavy (non-hydrogen) atoms. The molecule has 0 fully saturated rings. The Hall–Kier alpha value is -1.68. The van der Waals surface area contributed by atoms with Crippen LogP contribution in [0.2, 0.25) is 0 Å². The molecule has 0 aliphatic carbocycles. The predicted molar refractivity (Wildman–Crippen MR) is 68.7 cm³/mol. The van der Waals surface area contributed by atoms with Crippen molar-refractivity contribution in [1.82, 2.24) is 4.98 Å². The number of rotatable bonds is 2. The number of nitrogens with zero attached hydrogens (tertiary/aromatic N) is 1. The van der Waals surface area contributed by atoms with Crippen molar-refractivity contribution in [3.8, 4) is 11.1 Å². The van der Waals surface area contributed by atoms with Gasteiger partial charge in [0.1, 0.15) is 5.69 Å². The van der Waals surface area contributed by atoms with Gasteiger partial charge in [-0.15, -0.1) is 0 Å². The van der Waals surface area contributed by atoms with Crippen LogP contribution >= 0.6 is 15.9 Å². The molecule has 0 unspecified atom stereocenters. The highest BCUT2D eigenvalue weighted by atomic mass is 79.9. The molecule has 0 radical (unpaired) electrons. The number of aromatic nitrogens is 1. The van der Waals surface area contributed by atoms with Crippen LogP contribution in [0.5, 0.6) is 0 Å². The Morgan fingerprint density at radius 3 is 2.65 bits per heavy atom. The first-order valence-electron chi connectivity index (χ1n) is 5.01. The van der Waals surface area contributed by atoms with Crippen LogP contribution in [-0.2, 0) is 4.74 Å². The summed E-state index contributed by atoms with van der Waals surface area (Å²) in [5.41, 5.74) is 2.31. The second kappa shape index (κ2) is 5.10. The minimum absolute atomic E-state index is 0.311. The second-order valence-electron chi connectivity index (χ2n) is 3.43. The Bertz CT molecular complexity index is 537. The number of carbonyl (C=O) groups excluding carboxylic acids is 1. The van der Waals surface area contributed by atoms with Gasteiger partial charge >= 0.3 is 5.97 Å². The lowest BCUT2D eigenvalue weighted by atomic mass is 10.1. The summed E-state index contributed by atoms with van der Waals surface area (Å²) in [5.74, 6) is -0.425. The number of methoxy groups -OCH3 is 1. The molecular weight excluding hydrogens is 282 g/mol. The van der Waals surface area contributed by atoms with Crippen LogP contribution < -0.4 is 0 Å². The Balaban J connectivity index is 2.32. The smallest absolute Gasteiger partial charge is 0.356 e. The third-order valence-corrected chi connectivity index (χ3v) is 2.81. The number of pyridine rings is 1. The standard InChI is InChI=1S/C13H10BrNO2/c1-17-13(16)12-6-5-10(8-15-12)9-3-2-4-11(14)7-9/h2-8H,1H3. The van der Waals surface area contributed by atoms with Crippen molar-refractivity contribution in [2.45, 2.75) is 0 Å². The number of ether oxygens (including phenoxy) is 1. The fourth-order valence-corrected chi connectivity index (χ4v) is 1.86. The van der Waals surface area contributed by atoms with Gasteiger partial charge in [0.15, 0.2) is 0 Å². The fraction of sp³-hybridized carbons (Fsp3) is 0.0769. The maximum absolute atomic E-state index is 11.2. The molecule has 0 atom stereocenters. The van der Waals surface area contributed by atoms with Gasteiger partial charge in [-0.3, -0.25) is 0 Å². The normalized spacial score (nSPS) is 10.0. The maximum Gasteiger partial charge on any atom is 0.356 e. The molecule has 0 saturated carbocycles. The monoisotopic (exact) mass is 291 g/mol. The molecule has 0 N–H and O–H groups in total. The number of hydrogen-bond donors (Lipinski definition) is 0. The molecule has 3 nitrogen and oxygen atoms in total. The van der Waals surface area contributed by atoms with Crippen molar-refractivity contribution in [2.75, 3.05) is 7.11 Å². The Morgan fingerprint density at radius 2 is 2.06 bits per heavy atom. The largest absolute Gasteiger partial charge is 0.464 e. The molecule has 86 valence electrons. The Labute approximate surface area is 108 Å². The van der Waals surface area contributed by atoms with Crippen LogP contribution in [0.25, 0.3) is 11.1 Å². The molecule has 0 aliphatic heterocycles. The van der Waals surface area contributed by atoms with Crippen LogP contribution in [0.15, 0.2) is 47.1 Å². The first kappa shape index (κ1) is 11.8. The molecule has 4 heteroatoms. The van der Waals surface area contributed by atoms with Crippen LogP contribution in [0.1, 0.15) is 10.5 Å². The van der Waals surface area contributed by atoms with Gasteiger partial charge in [-0.25, -0.2) is 9.78 Å². The van der Waals surface area contributed by atoms with E-state index >= 15 is 0 Å². The van der Waals surface area contributed by atoms with Crippen molar-refractivity contribution in [1.29, 1.82) is 0 Å². The molecule has 1 heterocycles. The summed E-state index contributed by atoms with van der Waals surface area (Å²) in [6.45, 7) is 0. The SMILES string of the molecule is COC(=O)c1ccc(-c2cccc(Br)c2)cn1. The van der Waals surface area contributed by atoms with Gasteiger partial charge in [0.05, 0.1) is 7.11 Å². The van der Waals surface area contributed by atoms with E-state index in [0.29, 0.717) is 5.69 Å². The molecule has 1 aromatic carbocycles. The van der Waals surface area contributed by atoms with E-state index in [1.807, 2.05) is 30.3 Å². The zero-order chi connectivity index (χ0) is 12.3. The van der Waals surface area contributed by atoms with E-state index < -0.39 is 5.97 Å². The third-order valence-electron chi connectivity index (χ3n) is 2.32. The highest BCUT2D eigenvalue weighted by molar-refractivity contribution is 9.10. The lowest BCUT2D eigenvalue weighted by Crippen LogP contribution is -2.03. The van der Waals surface area contributed by atoms with E-state index in [2.05, 4.69) is 25.7 Å². The fourth-order valence-electron chi connectivity index (χ4n) is 1.46. The number of halogens is 1. The van der Waals surface area contributed by atoms with E-state index in [0.717, 1.165) is 15.6 Å². The average Bonchev–Trinajstić information content (AvgIpc) is 2.38. The molecule has 2 rings (SSSR count). The van der Waals surface area contributed by atoms with Gasteiger partial charge in [-0.05, 0) is 23.8 Å². The maximum atomic E-state index is 11.2. The topological polar surface area (TPSA) is 39.2 Å².